The fourth-order valence-corrected chi connectivity index (χ4v) is 4.16. The van der Waals surface area contributed by atoms with Crippen LogP contribution in [-0.2, 0) is 9.84 Å². The lowest BCUT2D eigenvalue weighted by Crippen LogP contribution is -2.21. The number of aromatic nitrogens is 2. The summed E-state index contributed by atoms with van der Waals surface area (Å²) in [6, 6.07) is 7.41. The minimum atomic E-state index is -2.91. The van der Waals surface area contributed by atoms with Gasteiger partial charge < -0.3 is 5.32 Å². The molecule has 7 heteroatoms. The number of rotatable bonds is 2. The molecule has 1 aromatic heterocycles. The fourth-order valence-electron chi connectivity index (χ4n) is 2.28. The summed E-state index contributed by atoms with van der Waals surface area (Å²) in [5.74, 6) is 0.956. The van der Waals surface area contributed by atoms with Gasteiger partial charge in [-0.25, -0.2) is 8.42 Å². The molecular formula is C12H12ClN3O2S. The summed E-state index contributed by atoms with van der Waals surface area (Å²) >= 11 is 5.99. The molecule has 0 aliphatic carbocycles. The van der Waals surface area contributed by atoms with Crippen molar-refractivity contribution in [1.82, 2.24) is 10.2 Å². The molecule has 0 radical (unpaired) electrons. The van der Waals surface area contributed by atoms with Crippen molar-refractivity contribution in [3.05, 3.63) is 29.4 Å². The number of anilines is 1. The maximum absolute atomic E-state index is 11.5. The zero-order chi connectivity index (χ0) is 13.5. The second-order valence-corrected chi connectivity index (χ2v) is 7.22. The molecule has 0 saturated carbocycles. The van der Waals surface area contributed by atoms with E-state index in [-0.39, 0.29) is 17.5 Å². The first-order valence-corrected chi connectivity index (χ1v) is 8.13. The van der Waals surface area contributed by atoms with Crippen LogP contribution in [0.4, 0.5) is 5.82 Å². The maximum atomic E-state index is 11.5. The first-order valence-electron chi connectivity index (χ1n) is 5.93. The molecule has 19 heavy (non-hydrogen) atoms. The number of nitrogens with one attached hydrogen (secondary N) is 1. The van der Waals surface area contributed by atoms with E-state index in [0.717, 1.165) is 10.8 Å². The predicted molar refractivity (Wildman–Crippen MR) is 75.2 cm³/mol. The van der Waals surface area contributed by atoms with Crippen LogP contribution in [0.25, 0.3) is 10.8 Å². The molecule has 2 heterocycles. The quantitative estimate of drug-likeness (QED) is 0.916. The van der Waals surface area contributed by atoms with E-state index in [1.165, 1.54) is 0 Å². The molecule has 2 aromatic rings. The number of benzene rings is 1. The van der Waals surface area contributed by atoms with Crippen molar-refractivity contribution in [2.24, 2.45) is 0 Å². The number of nitrogens with zero attached hydrogens (tertiary/aromatic N) is 2. The molecule has 1 aromatic carbocycles. The zero-order valence-electron chi connectivity index (χ0n) is 10.0. The number of hydrogen-bond donors (Lipinski definition) is 1. The highest BCUT2D eigenvalue weighted by Gasteiger charge is 2.28. The van der Waals surface area contributed by atoms with Crippen LogP contribution in [0.15, 0.2) is 24.3 Å². The van der Waals surface area contributed by atoms with E-state index in [1.807, 2.05) is 24.3 Å². The summed E-state index contributed by atoms with van der Waals surface area (Å²) in [6.07, 6.45) is 0.598. The van der Waals surface area contributed by atoms with Crippen LogP contribution < -0.4 is 5.32 Å². The summed E-state index contributed by atoms with van der Waals surface area (Å²) in [6.45, 7) is 0. The fraction of sp³-hybridized carbons (Fsp3) is 0.333. The molecule has 1 saturated heterocycles. The van der Waals surface area contributed by atoms with Crippen LogP contribution in [0.3, 0.4) is 0 Å². The Bertz CT molecular complexity index is 733. The highest BCUT2D eigenvalue weighted by Crippen LogP contribution is 2.27. The molecule has 1 unspecified atom stereocenters. The normalized spacial score (nSPS) is 21.6. The molecule has 0 bridgehead atoms. The van der Waals surface area contributed by atoms with Gasteiger partial charge in [0.15, 0.2) is 20.8 Å². The van der Waals surface area contributed by atoms with Gasteiger partial charge in [0.05, 0.1) is 11.5 Å². The third-order valence-corrected chi connectivity index (χ3v) is 5.26. The first-order chi connectivity index (χ1) is 9.05. The monoisotopic (exact) mass is 297 g/mol. The average molecular weight is 298 g/mol. The van der Waals surface area contributed by atoms with Crippen molar-refractivity contribution in [2.45, 2.75) is 12.5 Å². The number of halogens is 1. The van der Waals surface area contributed by atoms with Gasteiger partial charge in [-0.2, -0.15) is 0 Å². The molecule has 1 N–H and O–H groups in total. The lowest BCUT2D eigenvalue weighted by Gasteiger charge is -2.13. The Hall–Kier alpha value is -1.40. The second-order valence-electron chi connectivity index (χ2n) is 4.63. The van der Waals surface area contributed by atoms with E-state index in [4.69, 9.17) is 11.6 Å². The van der Waals surface area contributed by atoms with Crippen molar-refractivity contribution in [3.63, 3.8) is 0 Å². The molecule has 5 nitrogen and oxygen atoms in total. The minimum absolute atomic E-state index is 0.108. The van der Waals surface area contributed by atoms with E-state index < -0.39 is 9.84 Å². The van der Waals surface area contributed by atoms with Crippen molar-refractivity contribution < 1.29 is 8.42 Å². The van der Waals surface area contributed by atoms with Crippen molar-refractivity contribution in [2.75, 3.05) is 16.8 Å². The molecule has 1 atom stereocenters. The Kier molecular flexibility index (Phi) is 3.06. The second kappa shape index (κ2) is 4.61. The number of fused-ring (bicyclic) bond motifs is 1. The van der Waals surface area contributed by atoms with Gasteiger partial charge in [0.2, 0.25) is 0 Å². The van der Waals surface area contributed by atoms with E-state index in [9.17, 15) is 8.42 Å². The highest BCUT2D eigenvalue weighted by molar-refractivity contribution is 7.91. The van der Waals surface area contributed by atoms with Gasteiger partial charge >= 0.3 is 0 Å². The van der Waals surface area contributed by atoms with E-state index >= 15 is 0 Å². The van der Waals surface area contributed by atoms with E-state index in [2.05, 4.69) is 15.5 Å². The first kappa shape index (κ1) is 12.6. The summed E-state index contributed by atoms with van der Waals surface area (Å²) in [5, 5.41) is 13.1. The molecule has 1 fully saturated rings. The summed E-state index contributed by atoms with van der Waals surface area (Å²) in [4.78, 5) is 0. The molecule has 100 valence electrons. The summed E-state index contributed by atoms with van der Waals surface area (Å²) < 4.78 is 22.9. The summed E-state index contributed by atoms with van der Waals surface area (Å²) in [5.41, 5.74) is 0. The van der Waals surface area contributed by atoms with Crippen molar-refractivity contribution in [1.29, 1.82) is 0 Å². The van der Waals surface area contributed by atoms with Gasteiger partial charge in [-0.1, -0.05) is 35.9 Å². The lowest BCUT2D eigenvalue weighted by atomic mass is 10.2. The predicted octanol–water partition coefficient (Wildman–Crippen LogP) is 1.88. The Balaban J connectivity index is 1.96. The Morgan fingerprint density at radius 3 is 2.63 bits per heavy atom. The largest absolute Gasteiger partial charge is 0.364 e. The van der Waals surface area contributed by atoms with Crippen LogP contribution >= 0.6 is 11.6 Å². The van der Waals surface area contributed by atoms with Gasteiger partial charge in [0.25, 0.3) is 0 Å². The lowest BCUT2D eigenvalue weighted by molar-refractivity contribution is 0.602. The minimum Gasteiger partial charge on any atom is -0.364 e. The Morgan fingerprint density at radius 2 is 1.95 bits per heavy atom. The van der Waals surface area contributed by atoms with E-state index in [0.29, 0.717) is 17.4 Å². The molecule has 0 amide bonds. The Morgan fingerprint density at radius 1 is 1.21 bits per heavy atom. The Labute approximate surface area is 115 Å². The van der Waals surface area contributed by atoms with Crippen LogP contribution in [0.5, 0.6) is 0 Å². The number of hydrogen-bond acceptors (Lipinski definition) is 5. The zero-order valence-corrected chi connectivity index (χ0v) is 11.6. The van der Waals surface area contributed by atoms with Crippen LogP contribution in [0, 0.1) is 0 Å². The van der Waals surface area contributed by atoms with Crippen molar-refractivity contribution in [3.8, 4) is 0 Å². The van der Waals surface area contributed by atoms with Crippen LogP contribution in [-0.4, -0.2) is 36.2 Å². The highest BCUT2D eigenvalue weighted by atomic mass is 35.5. The van der Waals surface area contributed by atoms with Crippen LogP contribution in [0.2, 0.25) is 5.15 Å². The number of sulfone groups is 1. The molecular weight excluding hydrogens is 286 g/mol. The van der Waals surface area contributed by atoms with Gasteiger partial charge in [-0.05, 0) is 6.42 Å². The molecule has 1 aliphatic rings. The molecule has 3 rings (SSSR count). The van der Waals surface area contributed by atoms with Gasteiger partial charge in [0, 0.05) is 16.8 Å². The van der Waals surface area contributed by atoms with Crippen LogP contribution in [0.1, 0.15) is 6.42 Å². The molecule has 0 spiro atoms. The standard InChI is InChI=1S/C12H12ClN3O2S/c13-11-9-3-1-2-4-10(9)12(16-15-11)14-8-5-6-19(17,18)7-8/h1-4,8H,5-7H2,(H,14,16). The summed E-state index contributed by atoms with van der Waals surface area (Å²) in [7, 11) is -2.91. The van der Waals surface area contributed by atoms with Crippen molar-refractivity contribution >= 4 is 38.0 Å². The average Bonchev–Trinajstić information content (AvgIpc) is 2.73. The van der Waals surface area contributed by atoms with Gasteiger partial charge in [-0.3, -0.25) is 0 Å². The molecule has 1 aliphatic heterocycles. The smallest absolute Gasteiger partial charge is 0.159 e. The SMILES string of the molecule is O=S1(=O)CCC(Nc2nnc(Cl)c3ccccc23)C1. The van der Waals surface area contributed by atoms with E-state index in [1.54, 1.807) is 0 Å². The van der Waals surface area contributed by atoms with Gasteiger partial charge in [-0.15, -0.1) is 10.2 Å². The van der Waals surface area contributed by atoms with Gasteiger partial charge in [0.1, 0.15) is 0 Å². The maximum Gasteiger partial charge on any atom is 0.159 e. The third kappa shape index (κ3) is 2.50. The third-order valence-electron chi connectivity index (χ3n) is 3.22. The topological polar surface area (TPSA) is 72.0 Å².